The molecule has 5 rings (SSSR count). The summed E-state index contributed by atoms with van der Waals surface area (Å²) in [7, 11) is -1.42. The number of aryl methyl sites for hydroxylation is 1. The molecule has 2 aromatic heterocycles. The van der Waals surface area contributed by atoms with Crippen LogP contribution in [0, 0.1) is 12.8 Å². The predicted molar refractivity (Wildman–Crippen MR) is 115 cm³/mol. The number of furan rings is 1. The molecule has 9 heteroatoms. The van der Waals surface area contributed by atoms with Crippen molar-refractivity contribution >= 4 is 33.9 Å². The Morgan fingerprint density at radius 3 is 2.81 bits per heavy atom. The second-order valence-corrected chi connectivity index (χ2v) is 9.45. The molecule has 3 heterocycles. The number of pyridine rings is 1. The van der Waals surface area contributed by atoms with Gasteiger partial charge in [-0.15, -0.1) is 0 Å². The molecular weight excluding hydrogens is 416 g/mol. The van der Waals surface area contributed by atoms with Crippen molar-refractivity contribution in [2.45, 2.75) is 36.6 Å². The van der Waals surface area contributed by atoms with Crippen LogP contribution in [0.3, 0.4) is 0 Å². The largest absolute Gasteiger partial charge is 0.454 e. The number of hydrogen-bond acceptors (Lipinski definition) is 5. The van der Waals surface area contributed by atoms with Gasteiger partial charge in [0.15, 0.2) is 5.76 Å². The maximum atomic E-state index is 12.7. The van der Waals surface area contributed by atoms with Crippen molar-refractivity contribution in [1.82, 2.24) is 20.3 Å². The van der Waals surface area contributed by atoms with Crippen molar-refractivity contribution in [2.75, 3.05) is 6.54 Å². The van der Waals surface area contributed by atoms with Gasteiger partial charge in [-0.1, -0.05) is 18.2 Å². The lowest BCUT2D eigenvalue weighted by Gasteiger charge is -2.19. The quantitative estimate of drug-likeness (QED) is 0.530. The lowest BCUT2D eigenvalue weighted by atomic mass is 9.96. The lowest BCUT2D eigenvalue weighted by Crippen LogP contribution is -2.44. The molecule has 1 aliphatic carbocycles. The van der Waals surface area contributed by atoms with E-state index in [1.165, 1.54) is 0 Å². The molecule has 1 saturated heterocycles. The normalized spacial score (nSPS) is 24.0. The number of imide groups is 1. The van der Waals surface area contributed by atoms with Gasteiger partial charge in [-0.3, -0.25) is 15.1 Å². The number of carbonyl (C=O) groups is 2. The summed E-state index contributed by atoms with van der Waals surface area (Å²) >= 11 is 0. The van der Waals surface area contributed by atoms with Crippen molar-refractivity contribution < 1.29 is 18.2 Å². The van der Waals surface area contributed by atoms with E-state index in [9.17, 15) is 13.8 Å². The van der Waals surface area contributed by atoms with E-state index in [1.54, 1.807) is 12.3 Å². The minimum absolute atomic E-state index is 0.151. The van der Waals surface area contributed by atoms with Gasteiger partial charge in [-0.2, -0.15) is 0 Å². The lowest BCUT2D eigenvalue weighted by molar-refractivity contribution is -0.123. The summed E-state index contributed by atoms with van der Waals surface area (Å²) in [5.74, 6) is 0.597. The van der Waals surface area contributed by atoms with Gasteiger partial charge in [0.05, 0.1) is 4.90 Å². The third kappa shape index (κ3) is 3.53. The Morgan fingerprint density at radius 1 is 1.26 bits per heavy atom. The highest BCUT2D eigenvalue weighted by atomic mass is 32.2. The first-order chi connectivity index (χ1) is 14.9. The monoisotopic (exact) mass is 438 g/mol. The van der Waals surface area contributed by atoms with Crippen LogP contribution < -0.4 is 15.4 Å². The number of fused-ring (bicyclic) bond motifs is 1. The summed E-state index contributed by atoms with van der Waals surface area (Å²) in [6, 6.07) is 11.0. The van der Waals surface area contributed by atoms with Crippen molar-refractivity contribution in [3.05, 3.63) is 48.2 Å². The fourth-order valence-corrected chi connectivity index (χ4v) is 5.38. The molecule has 3 amide bonds. The van der Waals surface area contributed by atoms with E-state index in [0.717, 1.165) is 23.0 Å². The average molecular weight is 439 g/mol. The summed E-state index contributed by atoms with van der Waals surface area (Å²) in [5, 5.41) is 6.10. The van der Waals surface area contributed by atoms with Gasteiger partial charge < -0.3 is 9.73 Å². The SMILES string of the molecule is Cc1c(-c2ccc(S(=O)NCC3CCC4(C3)NC(=O)NC4=O)cn2)oc2ccccc12. The van der Waals surface area contributed by atoms with Crippen molar-refractivity contribution in [1.29, 1.82) is 0 Å². The maximum Gasteiger partial charge on any atom is 0.322 e. The second-order valence-electron chi connectivity index (χ2n) is 8.15. The van der Waals surface area contributed by atoms with Gasteiger partial charge in [0, 0.05) is 23.7 Å². The van der Waals surface area contributed by atoms with Gasteiger partial charge in [0.25, 0.3) is 5.91 Å². The fourth-order valence-electron chi connectivity index (χ4n) is 4.49. The van der Waals surface area contributed by atoms with E-state index in [-0.39, 0.29) is 11.8 Å². The molecule has 0 bridgehead atoms. The molecule has 31 heavy (non-hydrogen) atoms. The molecule has 1 aromatic carbocycles. The van der Waals surface area contributed by atoms with E-state index in [1.807, 2.05) is 37.3 Å². The number of carbonyl (C=O) groups excluding carboxylic acids is 2. The number of benzene rings is 1. The zero-order chi connectivity index (χ0) is 21.6. The molecule has 3 unspecified atom stereocenters. The second kappa shape index (κ2) is 7.58. The van der Waals surface area contributed by atoms with Crippen LogP contribution in [0.4, 0.5) is 4.79 Å². The third-order valence-corrected chi connectivity index (χ3v) is 7.26. The molecule has 3 N–H and O–H groups in total. The number of urea groups is 1. The summed E-state index contributed by atoms with van der Waals surface area (Å²) < 4.78 is 21.6. The maximum absolute atomic E-state index is 12.7. The van der Waals surface area contributed by atoms with E-state index >= 15 is 0 Å². The number of aromatic nitrogens is 1. The zero-order valence-corrected chi connectivity index (χ0v) is 17.8. The van der Waals surface area contributed by atoms with Gasteiger partial charge in [-0.05, 0) is 50.3 Å². The van der Waals surface area contributed by atoms with Crippen LogP contribution in [-0.2, 0) is 15.8 Å². The summed E-state index contributed by atoms with van der Waals surface area (Å²) in [6.45, 7) is 2.49. The van der Waals surface area contributed by atoms with Crippen LogP contribution in [0.2, 0.25) is 0 Å². The highest BCUT2D eigenvalue weighted by molar-refractivity contribution is 7.83. The highest BCUT2D eigenvalue weighted by Gasteiger charge is 2.50. The molecule has 8 nitrogen and oxygen atoms in total. The first-order valence-electron chi connectivity index (χ1n) is 10.2. The van der Waals surface area contributed by atoms with Crippen molar-refractivity contribution in [3.63, 3.8) is 0 Å². The Labute approximate surface area is 181 Å². The number of nitrogens with one attached hydrogen (secondary N) is 3. The standard InChI is InChI=1S/C22H22N4O4S/c1-13-16-4-2-3-5-18(16)30-19(13)17-7-6-15(12-23-17)31(29)24-11-14-8-9-22(10-14)20(27)25-21(28)26-22/h2-7,12,14,24H,8-11H2,1H3,(H2,25,26,27,28). The van der Waals surface area contributed by atoms with Gasteiger partial charge in [0.2, 0.25) is 0 Å². The first kappa shape index (κ1) is 19.9. The van der Waals surface area contributed by atoms with Gasteiger partial charge in [-0.25, -0.2) is 13.7 Å². The summed E-state index contributed by atoms with van der Waals surface area (Å²) in [5.41, 5.74) is 1.72. The minimum Gasteiger partial charge on any atom is -0.454 e. The van der Waals surface area contributed by atoms with Crippen LogP contribution >= 0.6 is 0 Å². The number of para-hydroxylation sites is 1. The molecule has 1 aliphatic heterocycles. The number of hydrogen-bond donors (Lipinski definition) is 3. The summed E-state index contributed by atoms with van der Waals surface area (Å²) in [6.07, 6.45) is 3.50. The molecule has 3 aromatic rings. The molecule has 3 atom stereocenters. The van der Waals surface area contributed by atoms with Crippen LogP contribution in [-0.4, -0.2) is 33.2 Å². The molecular formula is C22H22N4O4S. The van der Waals surface area contributed by atoms with Gasteiger partial charge in [0.1, 0.15) is 27.8 Å². The number of rotatable bonds is 5. The van der Waals surface area contributed by atoms with Crippen LogP contribution in [0.5, 0.6) is 0 Å². The van der Waals surface area contributed by atoms with Gasteiger partial charge >= 0.3 is 6.03 Å². The number of amides is 3. The smallest absolute Gasteiger partial charge is 0.322 e. The molecule has 2 fully saturated rings. The molecule has 1 spiro atoms. The van der Waals surface area contributed by atoms with Crippen LogP contribution in [0.15, 0.2) is 51.9 Å². The average Bonchev–Trinajstić information content (AvgIpc) is 3.42. The molecule has 1 saturated carbocycles. The van der Waals surface area contributed by atoms with E-state index in [0.29, 0.717) is 35.7 Å². The highest BCUT2D eigenvalue weighted by Crippen LogP contribution is 2.36. The van der Waals surface area contributed by atoms with Crippen molar-refractivity contribution in [2.24, 2.45) is 5.92 Å². The van der Waals surface area contributed by atoms with Crippen molar-refractivity contribution in [3.8, 4) is 11.5 Å². The fraction of sp³-hybridized carbons (Fsp3) is 0.318. The summed E-state index contributed by atoms with van der Waals surface area (Å²) in [4.78, 5) is 28.5. The van der Waals surface area contributed by atoms with Crippen LogP contribution in [0.1, 0.15) is 24.8 Å². The zero-order valence-electron chi connectivity index (χ0n) is 16.9. The van der Waals surface area contributed by atoms with E-state index < -0.39 is 22.6 Å². The molecule has 2 aliphatic rings. The third-order valence-electron chi connectivity index (χ3n) is 6.16. The number of nitrogens with zero attached hydrogens (tertiary/aromatic N) is 1. The van der Waals surface area contributed by atoms with E-state index in [4.69, 9.17) is 4.42 Å². The predicted octanol–water partition coefficient (Wildman–Crippen LogP) is 2.79. The minimum atomic E-state index is -1.42. The topological polar surface area (TPSA) is 113 Å². The molecule has 160 valence electrons. The van der Waals surface area contributed by atoms with Crippen LogP contribution in [0.25, 0.3) is 22.4 Å². The van der Waals surface area contributed by atoms with E-state index in [2.05, 4.69) is 20.3 Å². The Morgan fingerprint density at radius 2 is 2.10 bits per heavy atom. The Kier molecular flexibility index (Phi) is 4.86. The Hall–Kier alpha value is -3.04. The Balaban J connectivity index is 1.23. The first-order valence-corrected chi connectivity index (χ1v) is 11.3. The molecule has 0 radical (unpaired) electrons. The Bertz CT molecular complexity index is 1210.